The lowest BCUT2D eigenvalue weighted by atomic mass is 10.00. The molecule has 0 saturated carbocycles. The van der Waals surface area contributed by atoms with Crippen LogP contribution in [0.25, 0.3) is 15.8 Å². The van der Waals surface area contributed by atoms with Crippen LogP contribution >= 0.6 is 23.1 Å². The van der Waals surface area contributed by atoms with E-state index in [1.165, 1.54) is 15.2 Å². The van der Waals surface area contributed by atoms with E-state index in [4.69, 9.17) is 4.98 Å². The van der Waals surface area contributed by atoms with E-state index in [2.05, 4.69) is 48.8 Å². The first kappa shape index (κ1) is 17.7. The number of benzene rings is 1. The summed E-state index contributed by atoms with van der Waals surface area (Å²) in [6.07, 6.45) is 1.05. The summed E-state index contributed by atoms with van der Waals surface area (Å²) in [6.45, 7) is 11.1. The lowest BCUT2D eigenvalue weighted by Crippen LogP contribution is -2.36. The average Bonchev–Trinajstić information content (AvgIpc) is 3.03. The Bertz CT molecular complexity index is 728. The molecule has 0 aliphatic carbocycles. The standard InChI is InChI=1S/C19H25N3S2/c1-13(2)22-10-9-15(18(11-22)23-12-20-4)14(3)19-21-16-7-5-6-8-17(16)24-19/h5-8,13,20H,3,9-12H2,1-2,4H3. The molecule has 0 spiro atoms. The largest absolute Gasteiger partial charge is 0.311 e. The lowest BCUT2D eigenvalue weighted by Gasteiger charge is -2.33. The van der Waals surface area contributed by atoms with Gasteiger partial charge in [0.25, 0.3) is 0 Å². The van der Waals surface area contributed by atoms with Crippen LogP contribution in [0.3, 0.4) is 0 Å². The number of nitrogens with zero attached hydrogens (tertiary/aromatic N) is 2. The van der Waals surface area contributed by atoms with Gasteiger partial charge in [-0.3, -0.25) is 4.90 Å². The van der Waals surface area contributed by atoms with Gasteiger partial charge in [-0.1, -0.05) is 18.7 Å². The molecule has 1 aliphatic heterocycles. The molecule has 2 heterocycles. The Morgan fingerprint density at radius 1 is 1.42 bits per heavy atom. The molecule has 1 aromatic carbocycles. The minimum Gasteiger partial charge on any atom is -0.311 e. The summed E-state index contributed by atoms with van der Waals surface area (Å²) >= 11 is 3.65. The zero-order chi connectivity index (χ0) is 17.1. The summed E-state index contributed by atoms with van der Waals surface area (Å²) in [7, 11) is 2.00. The second-order valence-electron chi connectivity index (χ2n) is 6.32. The molecule has 0 unspecified atom stereocenters. The first-order valence-corrected chi connectivity index (χ1v) is 10.2. The molecule has 2 aromatic rings. The van der Waals surface area contributed by atoms with E-state index in [0.29, 0.717) is 6.04 Å². The fraction of sp³-hybridized carbons (Fsp3) is 0.421. The van der Waals surface area contributed by atoms with E-state index in [1.54, 1.807) is 11.3 Å². The van der Waals surface area contributed by atoms with Gasteiger partial charge < -0.3 is 5.32 Å². The third-order valence-electron chi connectivity index (χ3n) is 4.37. The number of rotatable bonds is 6. The maximum Gasteiger partial charge on any atom is 0.124 e. The second kappa shape index (κ2) is 7.83. The second-order valence-corrected chi connectivity index (χ2v) is 8.42. The van der Waals surface area contributed by atoms with Gasteiger partial charge in [-0.2, -0.15) is 0 Å². The predicted octanol–water partition coefficient (Wildman–Crippen LogP) is 4.59. The number of allylic oxidation sites excluding steroid dienone is 1. The SMILES string of the molecule is C=C(C1=C(SCNC)CN(C(C)C)CC1)c1nc2ccccc2s1. The van der Waals surface area contributed by atoms with Gasteiger partial charge >= 0.3 is 0 Å². The van der Waals surface area contributed by atoms with Crippen LogP contribution in [0.1, 0.15) is 25.3 Å². The van der Waals surface area contributed by atoms with E-state index in [-0.39, 0.29) is 0 Å². The van der Waals surface area contributed by atoms with Crippen molar-refractivity contribution in [3.63, 3.8) is 0 Å². The van der Waals surface area contributed by atoms with Crippen molar-refractivity contribution < 1.29 is 0 Å². The molecule has 5 heteroatoms. The van der Waals surface area contributed by atoms with Crippen LogP contribution in [-0.4, -0.2) is 41.9 Å². The van der Waals surface area contributed by atoms with Crippen molar-refractivity contribution in [3.8, 4) is 0 Å². The van der Waals surface area contributed by atoms with E-state index in [0.717, 1.165) is 41.5 Å². The van der Waals surface area contributed by atoms with Gasteiger partial charge in [0.2, 0.25) is 0 Å². The molecule has 0 radical (unpaired) electrons. The molecule has 3 rings (SSSR count). The summed E-state index contributed by atoms with van der Waals surface area (Å²) in [6, 6.07) is 8.91. The van der Waals surface area contributed by atoms with Crippen LogP contribution in [0, 0.1) is 0 Å². The Morgan fingerprint density at radius 2 is 2.21 bits per heavy atom. The fourth-order valence-corrected chi connectivity index (χ4v) is 4.87. The maximum atomic E-state index is 4.80. The van der Waals surface area contributed by atoms with Gasteiger partial charge in [-0.05, 0) is 45.0 Å². The number of thiazole rings is 1. The van der Waals surface area contributed by atoms with Crippen molar-refractivity contribution in [3.05, 3.63) is 46.3 Å². The van der Waals surface area contributed by atoms with Gasteiger partial charge in [-0.25, -0.2) is 4.98 Å². The van der Waals surface area contributed by atoms with Gasteiger partial charge in [-0.15, -0.1) is 23.1 Å². The minimum absolute atomic E-state index is 0.576. The van der Waals surface area contributed by atoms with Crippen molar-refractivity contribution in [2.24, 2.45) is 0 Å². The van der Waals surface area contributed by atoms with Crippen LogP contribution in [0.5, 0.6) is 0 Å². The molecule has 0 saturated heterocycles. The summed E-state index contributed by atoms with van der Waals surface area (Å²) in [4.78, 5) is 8.78. The van der Waals surface area contributed by atoms with Crippen LogP contribution in [0.2, 0.25) is 0 Å². The van der Waals surface area contributed by atoms with Crippen LogP contribution in [0.4, 0.5) is 0 Å². The molecule has 1 N–H and O–H groups in total. The highest BCUT2D eigenvalue weighted by Gasteiger charge is 2.24. The van der Waals surface area contributed by atoms with E-state index in [1.807, 2.05) is 24.9 Å². The number of aromatic nitrogens is 1. The van der Waals surface area contributed by atoms with Gasteiger partial charge in [0.15, 0.2) is 0 Å². The smallest absolute Gasteiger partial charge is 0.124 e. The molecule has 3 nitrogen and oxygen atoms in total. The Labute approximate surface area is 152 Å². The first-order valence-electron chi connectivity index (χ1n) is 8.39. The third-order valence-corrected chi connectivity index (χ3v) is 6.62. The van der Waals surface area contributed by atoms with Crippen LogP contribution in [-0.2, 0) is 0 Å². The molecule has 1 aliphatic rings. The highest BCUT2D eigenvalue weighted by atomic mass is 32.2. The summed E-state index contributed by atoms with van der Waals surface area (Å²) in [5, 5.41) is 4.31. The number of thioether (sulfide) groups is 1. The average molecular weight is 360 g/mol. The number of hydrogen-bond donors (Lipinski definition) is 1. The molecular weight excluding hydrogens is 334 g/mol. The topological polar surface area (TPSA) is 28.2 Å². The molecule has 0 bridgehead atoms. The molecule has 0 amide bonds. The fourth-order valence-electron chi connectivity index (χ4n) is 2.94. The highest BCUT2D eigenvalue weighted by Crippen LogP contribution is 2.38. The third kappa shape index (κ3) is 3.75. The predicted molar refractivity (Wildman–Crippen MR) is 109 cm³/mol. The first-order chi connectivity index (χ1) is 11.6. The molecule has 1 aromatic heterocycles. The Morgan fingerprint density at radius 3 is 2.92 bits per heavy atom. The number of fused-ring (bicyclic) bond motifs is 1. The number of nitrogens with one attached hydrogen (secondary N) is 1. The van der Waals surface area contributed by atoms with Crippen molar-refractivity contribution in [1.82, 2.24) is 15.2 Å². The normalized spacial score (nSPS) is 16.3. The van der Waals surface area contributed by atoms with Crippen molar-refractivity contribution in [2.45, 2.75) is 26.3 Å². The molecule has 128 valence electrons. The Kier molecular flexibility index (Phi) is 5.76. The summed E-state index contributed by atoms with van der Waals surface area (Å²) in [5.41, 5.74) is 3.58. The summed E-state index contributed by atoms with van der Waals surface area (Å²) in [5.74, 6) is 0.928. The molecule has 0 atom stereocenters. The van der Waals surface area contributed by atoms with E-state index in [9.17, 15) is 0 Å². The molecule has 24 heavy (non-hydrogen) atoms. The zero-order valence-electron chi connectivity index (χ0n) is 14.6. The summed E-state index contributed by atoms with van der Waals surface area (Å²) < 4.78 is 1.23. The Hall–Kier alpha value is -1.14. The van der Waals surface area contributed by atoms with Crippen molar-refractivity contribution >= 4 is 38.9 Å². The van der Waals surface area contributed by atoms with Crippen molar-refractivity contribution in [2.75, 3.05) is 26.0 Å². The van der Waals surface area contributed by atoms with Crippen LogP contribution in [0.15, 0.2) is 41.3 Å². The van der Waals surface area contributed by atoms with E-state index >= 15 is 0 Å². The van der Waals surface area contributed by atoms with Gasteiger partial charge in [0.05, 0.1) is 10.2 Å². The van der Waals surface area contributed by atoms with Gasteiger partial charge in [0, 0.05) is 35.5 Å². The zero-order valence-corrected chi connectivity index (χ0v) is 16.3. The number of para-hydroxylation sites is 1. The van der Waals surface area contributed by atoms with Gasteiger partial charge in [0.1, 0.15) is 5.01 Å². The Balaban J connectivity index is 1.91. The maximum absolute atomic E-state index is 4.80. The van der Waals surface area contributed by atoms with Crippen molar-refractivity contribution in [1.29, 1.82) is 0 Å². The molecule has 0 fully saturated rings. The molecular formula is C19H25N3S2. The van der Waals surface area contributed by atoms with Crippen LogP contribution < -0.4 is 5.32 Å². The quantitative estimate of drug-likeness (QED) is 0.764. The minimum atomic E-state index is 0.576. The van der Waals surface area contributed by atoms with E-state index < -0.39 is 0 Å². The number of hydrogen-bond acceptors (Lipinski definition) is 5. The monoisotopic (exact) mass is 359 g/mol. The lowest BCUT2D eigenvalue weighted by molar-refractivity contribution is 0.238. The highest BCUT2D eigenvalue weighted by molar-refractivity contribution is 8.03.